The second-order valence-corrected chi connectivity index (χ2v) is 3.30. The van der Waals surface area contributed by atoms with Gasteiger partial charge in [-0.2, -0.15) is 0 Å². The number of hydrogen-bond acceptors (Lipinski definition) is 3. The molecule has 0 aliphatic heterocycles. The zero-order valence-electron chi connectivity index (χ0n) is 7.81. The first-order valence-electron chi connectivity index (χ1n) is 4.65. The first-order valence-corrected chi connectivity index (χ1v) is 4.65. The molecule has 2 rings (SSSR count). The summed E-state index contributed by atoms with van der Waals surface area (Å²) in [5.74, 6) is 0. The molecule has 1 aromatic heterocycles. The van der Waals surface area contributed by atoms with Gasteiger partial charge in [-0.15, -0.1) is 0 Å². The summed E-state index contributed by atoms with van der Waals surface area (Å²) in [5, 5.41) is 9.86. The smallest absolute Gasteiger partial charge is 0.138 e. The normalized spacial score (nSPS) is 13.3. The van der Waals surface area contributed by atoms with Gasteiger partial charge in [-0.1, -0.05) is 18.2 Å². The number of aliphatic hydroxyl groups excluding tert-OH is 1. The van der Waals surface area contributed by atoms with Gasteiger partial charge in [0.15, 0.2) is 0 Å². The molecule has 3 N–H and O–H groups in total. The number of aliphatic hydroxyl groups is 1. The maximum Gasteiger partial charge on any atom is 0.138 e. The summed E-state index contributed by atoms with van der Waals surface area (Å²) < 4.78 is 5.35. The van der Waals surface area contributed by atoms with Crippen molar-refractivity contribution in [3.8, 4) is 0 Å². The van der Waals surface area contributed by atoms with Gasteiger partial charge in [0.05, 0.1) is 6.26 Å². The van der Waals surface area contributed by atoms with Crippen molar-refractivity contribution >= 4 is 11.0 Å². The molecule has 0 bridgehead atoms. The van der Waals surface area contributed by atoms with E-state index in [9.17, 15) is 0 Å². The highest BCUT2D eigenvalue weighted by Gasteiger charge is 2.10. The molecule has 0 unspecified atom stereocenters. The lowest BCUT2D eigenvalue weighted by molar-refractivity contribution is 0.276. The summed E-state index contributed by atoms with van der Waals surface area (Å²) in [4.78, 5) is 0. The Hall–Kier alpha value is -1.32. The lowest BCUT2D eigenvalue weighted by Crippen LogP contribution is -2.11. The van der Waals surface area contributed by atoms with E-state index in [1.807, 2.05) is 24.3 Å². The van der Waals surface area contributed by atoms with Crippen LogP contribution in [0.5, 0.6) is 0 Å². The zero-order chi connectivity index (χ0) is 9.97. The maximum absolute atomic E-state index is 8.81. The Morgan fingerprint density at radius 1 is 1.36 bits per heavy atom. The van der Waals surface area contributed by atoms with Crippen LogP contribution in [0.3, 0.4) is 0 Å². The van der Waals surface area contributed by atoms with E-state index in [1.165, 1.54) is 0 Å². The van der Waals surface area contributed by atoms with Gasteiger partial charge >= 0.3 is 0 Å². The SMILES string of the molecule is N[C@@H](CCO)c1cccc2ccoc12. The number of fused-ring (bicyclic) bond motifs is 1. The van der Waals surface area contributed by atoms with Crippen LogP contribution in [-0.4, -0.2) is 11.7 Å². The molecule has 0 saturated carbocycles. The highest BCUT2D eigenvalue weighted by molar-refractivity contribution is 5.80. The average Bonchev–Trinajstić information content (AvgIpc) is 2.65. The molecule has 0 radical (unpaired) electrons. The van der Waals surface area contributed by atoms with Crippen LogP contribution in [0.4, 0.5) is 0 Å². The van der Waals surface area contributed by atoms with Crippen LogP contribution >= 0.6 is 0 Å². The van der Waals surface area contributed by atoms with Gasteiger partial charge in [0.1, 0.15) is 5.58 Å². The molecule has 0 saturated heterocycles. The highest BCUT2D eigenvalue weighted by Crippen LogP contribution is 2.25. The van der Waals surface area contributed by atoms with Gasteiger partial charge in [0, 0.05) is 23.6 Å². The van der Waals surface area contributed by atoms with Crippen LogP contribution in [0.2, 0.25) is 0 Å². The average molecular weight is 191 g/mol. The fourth-order valence-corrected chi connectivity index (χ4v) is 1.60. The molecule has 3 heteroatoms. The Morgan fingerprint density at radius 2 is 2.21 bits per heavy atom. The minimum atomic E-state index is -0.158. The summed E-state index contributed by atoms with van der Waals surface area (Å²) in [6, 6.07) is 7.62. The Kier molecular flexibility index (Phi) is 2.52. The Morgan fingerprint density at radius 3 is 3.00 bits per heavy atom. The maximum atomic E-state index is 8.81. The Balaban J connectivity index is 2.45. The molecule has 0 amide bonds. The van der Waals surface area contributed by atoms with Crippen molar-refractivity contribution in [2.75, 3.05) is 6.61 Å². The van der Waals surface area contributed by atoms with E-state index < -0.39 is 0 Å². The van der Waals surface area contributed by atoms with E-state index in [2.05, 4.69) is 0 Å². The summed E-state index contributed by atoms with van der Waals surface area (Å²) in [5.41, 5.74) is 7.70. The van der Waals surface area contributed by atoms with Crippen molar-refractivity contribution in [2.45, 2.75) is 12.5 Å². The van der Waals surface area contributed by atoms with E-state index in [0.29, 0.717) is 6.42 Å². The molecule has 0 aliphatic rings. The van der Waals surface area contributed by atoms with Crippen molar-refractivity contribution < 1.29 is 9.52 Å². The molecular formula is C11H13NO2. The molecule has 1 heterocycles. The zero-order valence-corrected chi connectivity index (χ0v) is 7.81. The van der Waals surface area contributed by atoms with E-state index >= 15 is 0 Å². The topological polar surface area (TPSA) is 59.4 Å². The second kappa shape index (κ2) is 3.82. The van der Waals surface area contributed by atoms with Gasteiger partial charge in [-0.25, -0.2) is 0 Å². The van der Waals surface area contributed by atoms with Gasteiger partial charge in [0.25, 0.3) is 0 Å². The number of hydrogen-bond donors (Lipinski definition) is 2. The van der Waals surface area contributed by atoms with Crippen LogP contribution < -0.4 is 5.73 Å². The molecule has 0 aliphatic carbocycles. The third kappa shape index (κ3) is 1.52. The summed E-state index contributed by atoms with van der Waals surface area (Å²) in [7, 11) is 0. The van der Waals surface area contributed by atoms with Gasteiger partial charge < -0.3 is 15.3 Å². The monoisotopic (exact) mass is 191 g/mol. The van der Waals surface area contributed by atoms with Crippen molar-refractivity contribution in [1.29, 1.82) is 0 Å². The minimum Gasteiger partial charge on any atom is -0.464 e. The molecule has 3 nitrogen and oxygen atoms in total. The molecular weight excluding hydrogens is 178 g/mol. The van der Waals surface area contributed by atoms with Gasteiger partial charge in [0.2, 0.25) is 0 Å². The lowest BCUT2D eigenvalue weighted by atomic mass is 10.0. The van der Waals surface area contributed by atoms with Crippen LogP contribution in [0.1, 0.15) is 18.0 Å². The molecule has 1 aromatic carbocycles. The van der Waals surface area contributed by atoms with Gasteiger partial charge in [-0.3, -0.25) is 0 Å². The molecule has 14 heavy (non-hydrogen) atoms. The number of rotatable bonds is 3. The molecule has 0 spiro atoms. The van der Waals surface area contributed by atoms with Crippen molar-refractivity contribution in [2.24, 2.45) is 5.73 Å². The first-order chi connectivity index (χ1) is 6.83. The first kappa shape index (κ1) is 9.24. The summed E-state index contributed by atoms with van der Waals surface area (Å²) in [6.07, 6.45) is 2.21. The standard InChI is InChI=1S/C11H13NO2/c12-10(4-6-13)9-3-1-2-8-5-7-14-11(8)9/h1-3,5,7,10,13H,4,6,12H2/t10-/m0/s1. The van der Waals surface area contributed by atoms with E-state index in [0.717, 1.165) is 16.5 Å². The fourth-order valence-electron chi connectivity index (χ4n) is 1.60. The molecule has 74 valence electrons. The number of benzene rings is 1. The molecule has 2 aromatic rings. The second-order valence-electron chi connectivity index (χ2n) is 3.30. The fraction of sp³-hybridized carbons (Fsp3) is 0.273. The third-order valence-corrected chi connectivity index (χ3v) is 2.35. The quantitative estimate of drug-likeness (QED) is 0.777. The van der Waals surface area contributed by atoms with Gasteiger partial charge in [-0.05, 0) is 12.5 Å². The molecule has 0 fully saturated rings. The minimum absolute atomic E-state index is 0.0955. The van der Waals surface area contributed by atoms with Crippen molar-refractivity contribution in [1.82, 2.24) is 0 Å². The Labute approximate surface area is 82.1 Å². The van der Waals surface area contributed by atoms with E-state index in [-0.39, 0.29) is 12.6 Å². The largest absolute Gasteiger partial charge is 0.464 e. The molecule has 1 atom stereocenters. The third-order valence-electron chi connectivity index (χ3n) is 2.35. The number of furan rings is 1. The van der Waals surface area contributed by atoms with Crippen LogP contribution in [-0.2, 0) is 0 Å². The van der Waals surface area contributed by atoms with Crippen LogP contribution in [0.25, 0.3) is 11.0 Å². The van der Waals surface area contributed by atoms with Crippen molar-refractivity contribution in [3.05, 3.63) is 36.1 Å². The lowest BCUT2D eigenvalue weighted by Gasteiger charge is -2.10. The van der Waals surface area contributed by atoms with E-state index in [1.54, 1.807) is 6.26 Å². The summed E-state index contributed by atoms with van der Waals surface area (Å²) >= 11 is 0. The predicted molar refractivity (Wildman–Crippen MR) is 54.8 cm³/mol. The van der Waals surface area contributed by atoms with Crippen LogP contribution in [0.15, 0.2) is 34.9 Å². The van der Waals surface area contributed by atoms with Crippen molar-refractivity contribution in [3.63, 3.8) is 0 Å². The van der Waals surface area contributed by atoms with Crippen LogP contribution in [0, 0.1) is 0 Å². The van der Waals surface area contributed by atoms with E-state index in [4.69, 9.17) is 15.3 Å². The number of para-hydroxylation sites is 1. The predicted octanol–water partition coefficient (Wildman–Crippen LogP) is 1.81. The highest BCUT2D eigenvalue weighted by atomic mass is 16.3. The number of nitrogens with two attached hydrogens (primary N) is 1. The summed E-state index contributed by atoms with van der Waals surface area (Å²) in [6.45, 7) is 0.0955. The Bertz CT molecular complexity index is 422.